The number of carbonyl (C=O) groups excluding carboxylic acids is 2. The van der Waals surface area contributed by atoms with Crippen molar-refractivity contribution in [2.75, 3.05) is 0 Å². The number of aliphatic carboxylic acids is 1. The van der Waals surface area contributed by atoms with Crippen molar-refractivity contribution in [2.45, 2.75) is 57.7 Å². The second-order valence-corrected chi connectivity index (χ2v) is 8.90. The Morgan fingerprint density at radius 1 is 1.32 bits per heavy atom. The minimum Gasteiger partial charge on any atom is -0.547 e. The number of aliphatic hydroxyl groups excluding tert-OH is 1. The Balaban J connectivity index is 1.76. The quantitative estimate of drug-likeness (QED) is 0.731. The largest absolute Gasteiger partial charge is 0.547 e. The van der Waals surface area contributed by atoms with Gasteiger partial charge < -0.3 is 20.1 Å². The molecular weight excluding hydrogens is 320 g/mol. The molecule has 3 fully saturated rings. The lowest BCUT2D eigenvalue weighted by Crippen LogP contribution is -2.63. The van der Waals surface area contributed by atoms with Gasteiger partial charge in [-0.1, -0.05) is 25.5 Å². The van der Waals surface area contributed by atoms with Crippen LogP contribution in [0.25, 0.3) is 0 Å². The smallest absolute Gasteiger partial charge is 0.178 e. The molecule has 0 aliphatic heterocycles. The molecule has 0 aromatic heterocycles. The second kappa shape index (κ2) is 5.04. The highest BCUT2D eigenvalue weighted by Crippen LogP contribution is 2.66. The lowest BCUT2D eigenvalue weighted by atomic mass is 9.46. The molecule has 2 N–H and O–H groups in total. The van der Waals surface area contributed by atoms with Crippen LogP contribution in [-0.2, 0) is 9.59 Å². The van der Waals surface area contributed by atoms with Gasteiger partial charge in [0, 0.05) is 16.7 Å². The fourth-order valence-corrected chi connectivity index (χ4v) is 6.67. The number of carboxylic acid groups (broad SMARTS) is 1. The summed E-state index contributed by atoms with van der Waals surface area (Å²) in [5, 5.41) is 33.5. The van der Waals surface area contributed by atoms with Gasteiger partial charge >= 0.3 is 0 Å². The normalized spacial score (nSPS) is 51.4. The summed E-state index contributed by atoms with van der Waals surface area (Å²) in [4.78, 5) is 23.4. The average molecular weight is 345 g/mol. The van der Waals surface area contributed by atoms with Crippen LogP contribution < -0.4 is 5.11 Å². The molecule has 3 saturated carbocycles. The Morgan fingerprint density at radius 3 is 2.72 bits per heavy atom. The van der Waals surface area contributed by atoms with Crippen LogP contribution in [0.4, 0.5) is 0 Å². The van der Waals surface area contributed by atoms with E-state index in [2.05, 4.69) is 6.92 Å². The van der Waals surface area contributed by atoms with E-state index in [1.54, 1.807) is 19.1 Å². The Kier molecular flexibility index (Phi) is 3.42. The first-order valence-electron chi connectivity index (χ1n) is 9.19. The van der Waals surface area contributed by atoms with E-state index in [1.165, 1.54) is 0 Å². The van der Waals surface area contributed by atoms with Crippen LogP contribution in [-0.4, -0.2) is 33.7 Å². The molecule has 136 valence electrons. The van der Waals surface area contributed by atoms with Crippen LogP contribution in [0, 0.1) is 28.6 Å². The van der Waals surface area contributed by atoms with Crippen molar-refractivity contribution in [2.24, 2.45) is 28.6 Å². The summed E-state index contributed by atoms with van der Waals surface area (Å²) < 4.78 is 0. The molecule has 0 radical (unpaired) electrons. The maximum absolute atomic E-state index is 11.8. The Morgan fingerprint density at radius 2 is 2.04 bits per heavy atom. The number of ketones is 1. The highest BCUT2D eigenvalue weighted by atomic mass is 16.4. The molecule has 7 atom stereocenters. The standard InChI is InChI=1S/C20H26O5/c1-18-7-5-12(21)9-11(18)3-4-13-14-6-8-20(25,17(23)24)19(14,2)10-15(22)16(13)18/h5,7,9,13-16,22,25H,3-4,6,8,10H2,1-2H3,(H,23,24)/p-1/t13-,14+,15-,16+,18-,19-,20-/m0/s1. The van der Waals surface area contributed by atoms with Crippen molar-refractivity contribution < 1.29 is 24.9 Å². The zero-order valence-electron chi connectivity index (χ0n) is 14.7. The highest BCUT2D eigenvalue weighted by molar-refractivity contribution is 6.01. The van der Waals surface area contributed by atoms with E-state index in [-0.39, 0.29) is 41.8 Å². The van der Waals surface area contributed by atoms with Crippen molar-refractivity contribution >= 4 is 11.8 Å². The Labute approximate surface area is 147 Å². The fraction of sp³-hybridized carbons (Fsp3) is 0.700. The summed E-state index contributed by atoms with van der Waals surface area (Å²) in [7, 11) is 0. The summed E-state index contributed by atoms with van der Waals surface area (Å²) in [5.41, 5.74) is -2.06. The average Bonchev–Trinajstić information content (AvgIpc) is 2.80. The van der Waals surface area contributed by atoms with E-state index in [0.717, 1.165) is 18.4 Å². The van der Waals surface area contributed by atoms with Crippen molar-refractivity contribution in [3.8, 4) is 0 Å². The third kappa shape index (κ3) is 1.97. The maximum atomic E-state index is 11.8. The van der Waals surface area contributed by atoms with Crippen LogP contribution in [0.5, 0.6) is 0 Å². The monoisotopic (exact) mass is 345 g/mol. The van der Waals surface area contributed by atoms with Crippen LogP contribution in [0.3, 0.4) is 0 Å². The first-order chi connectivity index (χ1) is 11.6. The highest BCUT2D eigenvalue weighted by Gasteiger charge is 2.66. The number of aliphatic hydroxyl groups is 2. The topological polar surface area (TPSA) is 97.7 Å². The predicted molar refractivity (Wildman–Crippen MR) is 88.0 cm³/mol. The molecule has 0 amide bonds. The molecule has 4 aliphatic carbocycles. The van der Waals surface area contributed by atoms with Gasteiger partial charge in [0.15, 0.2) is 5.78 Å². The second-order valence-electron chi connectivity index (χ2n) is 8.90. The molecule has 0 bridgehead atoms. The van der Waals surface area contributed by atoms with Gasteiger partial charge in [-0.3, -0.25) is 4.79 Å². The molecule has 0 aromatic rings. The zero-order chi connectivity index (χ0) is 18.2. The van der Waals surface area contributed by atoms with Gasteiger partial charge in [-0.25, -0.2) is 0 Å². The molecule has 0 spiro atoms. The van der Waals surface area contributed by atoms with Gasteiger partial charge in [0.2, 0.25) is 0 Å². The van der Waals surface area contributed by atoms with Crippen molar-refractivity contribution in [3.05, 3.63) is 23.8 Å². The number of allylic oxidation sites excluding steroid dienone is 4. The number of rotatable bonds is 1. The van der Waals surface area contributed by atoms with Gasteiger partial charge in [0.1, 0.15) is 5.60 Å². The maximum Gasteiger partial charge on any atom is 0.178 e. The van der Waals surface area contributed by atoms with E-state index in [4.69, 9.17) is 0 Å². The van der Waals surface area contributed by atoms with E-state index in [1.807, 2.05) is 6.08 Å². The molecule has 0 aromatic carbocycles. The number of hydrogen-bond acceptors (Lipinski definition) is 5. The summed E-state index contributed by atoms with van der Waals surface area (Å²) in [6, 6.07) is 0. The van der Waals surface area contributed by atoms with Crippen molar-refractivity contribution in [1.82, 2.24) is 0 Å². The van der Waals surface area contributed by atoms with Crippen LogP contribution in [0.1, 0.15) is 46.0 Å². The van der Waals surface area contributed by atoms with E-state index in [0.29, 0.717) is 6.42 Å². The van der Waals surface area contributed by atoms with Gasteiger partial charge in [-0.2, -0.15) is 0 Å². The fourth-order valence-electron chi connectivity index (χ4n) is 6.67. The molecule has 0 saturated heterocycles. The van der Waals surface area contributed by atoms with E-state index < -0.39 is 23.1 Å². The van der Waals surface area contributed by atoms with Gasteiger partial charge in [-0.05, 0) is 56.1 Å². The predicted octanol–water partition coefficient (Wildman–Crippen LogP) is 0.746. The van der Waals surface area contributed by atoms with Crippen LogP contribution in [0.2, 0.25) is 0 Å². The molecular formula is C20H25O5-. The first kappa shape index (κ1) is 17.0. The van der Waals surface area contributed by atoms with E-state index >= 15 is 0 Å². The molecule has 25 heavy (non-hydrogen) atoms. The lowest BCUT2D eigenvalue weighted by molar-refractivity contribution is -0.334. The first-order valence-corrected chi connectivity index (χ1v) is 9.19. The Bertz CT molecular complexity index is 709. The summed E-state index contributed by atoms with van der Waals surface area (Å²) in [5.74, 6) is -1.32. The summed E-state index contributed by atoms with van der Waals surface area (Å²) >= 11 is 0. The third-order valence-corrected chi connectivity index (χ3v) is 7.99. The van der Waals surface area contributed by atoms with Gasteiger partial charge in [0.25, 0.3) is 0 Å². The van der Waals surface area contributed by atoms with Gasteiger partial charge in [-0.15, -0.1) is 0 Å². The molecule has 0 unspecified atom stereocenters. The van der Waals surface area contributed by atoms with Crippen LogP contribution in [0.15, 0.2) is 23.8 Å². The third-order valence-electron chi connectivity index (χ3n) is 7.99. The molecule has 5 nitrogen and oxygen atoms in total. The zero-order valence-corrected chi connectivity index (χ0v) is 14.7. The number of carboxylic acids is 1. The molecule has 4 aliphatic rings. The minimum absolute atomic E-state index is 0.00624. The molecule has 0 heterocycles. The summed E-state index contributed by atoms with van der Waals surface area (Å²) in [6.07, 6.45) is 7.13. The molecule has 5 heteroatoms. The summed E-state index contributed by atoms with van der Waals surface area (Å²) in [6.45, 7) is 3.87. The lowest BCUT2D eigenvalue weighted by Gasteiger charge is -2.60. The van der Waals surface area contributed by atoms with Crippen molar-refractivity contribution in [3.63, 3.8) is 0 Å². The van der Waals surface area contributed by atoms with Crippen molar-refractivity contribution in [1.29, 1.82) is 0 Å². The van der Waals surface area contributed by atoms with Crippen LogP contribution >= 0.6 is 0 Å². The number of fused-ring (bicyclic) bond motifs is 5. The molecule has 4 rings (SSSR count). The number of hydrogen-bond donors (Lipinski definition) is 2. The Hall–Kier alpha value is -1.46. The van der Waals surface area contributed by atoms with Gasteiger partial charge in [0.05, 0.1) is 12.1 Å². The van der Waals surface area contributed by atoms with E-state index in [9.17, 15) is 24.9 Å². The SMILES string of the molecule is C[C@]12C=CC(=O)C=C1CC[C@@H]1[C@@H]2[C@@H](O)C[C@@]2(C)[C@@H]1CC[C@]2(O)C(=O)[O-]. The number of carbonyl (C=O) groups is 2. The minimum atomic E-state index is -1.88.